The minimum atomic E-state index is -0.468. The summed E-state index contributed by atoms with van der Waals surface area (Å²) < 4.78 is 0. The minimum Gasteiger partial charge on any atom is -0.390 e. The molecule has 5 nitrogen and oxygen atoms in total. The van der Waals surface area contributed by atoms with E-state index < -0.39 is 6.10 Å². The summed E-state index contributed by atoms with van der Waals surface area (Å²) >= 11 is 0. The van der Waals surface area contributed by atoms with E-state index in [1.807, 2.05) is 6.07 Å². The number of likely N-dealkylation sites (tertiary alicyclic amines) is 1. The predicted molar refractivity (Wildman–Crippen MR) is 96.1 cm³/mol. The Labute approximate surface area is 144 Å². The Morgan fingerprint density at radius 3 is 2.75 bits per heavy atom. The fraction of sp³-hybridized carbons (Fsp3) is 0.632. The molecule has 1 aromatic rings. The number of amides is 1. The number of benzene rings is 1. The third kappa shape index (κ3) is 4.28. The molecule has 2 aliphatic heterocycles. The molecule has 0 bridgehead atoms. The topological polar surface area (TPSA) is 47.0 Å². The number of likely N-dealkylation sites (N-methyl/N-ethyl adjacent to an activating group) is 1. The standard InChI is InChI=1S/C19H29N3O2/c1-20(14-18(23)15-22-12-6-10-19(22)24)17-9-5-11-21(13-17)16-7-3-2-4-8-16/h2-4,7-8,17-18,23H,5-6,9-15H2,1H3. The van der Waals surface area contributed by atoms with E-state index in [9.17, 15) is 9.90 Å². The molecular weight excluding hydrogens is 302 g/mol. The molecule has 24 heavy (non-hydrogen) atoms. The first kappa shape index (κ1) is 17.2. The Bertz CT molecular complexity index is 537. The van der Waals surface area contributed by atoms with Crippen molar-refractivity contribution in [2.45, 2.75) is 37.8 Å². The van der Waals surface area contributed by atoms with Crippen LogP contribution in [0.4, 0.5) is 5.69 Å². The number of hydrogen-bond donors (Lipinski definition) is 1. The second kappa shape index (κ2) is 7.99. The van der Waals surface area contributed by atoms with Crippen LogP contribution in [0.1, 0.15) is 25.7 Å². The lowest BCUT2D eigenvalue weighted by atomic mass is 10.0. The Hall–Kier alpha value is -1.59. The highest BCUT2D eigenvalue weighted by molar-refractivity contribution is 5.78. The average Bonchev–Trinajstić information content (AvgIpc) is 3.00. The molecule has 2 saturated heterocycles. The molecule has 132 valence electrons. The molecule has 0 radical (unpaired) electrons. The maximum atomic E-state index is 11.7. The SMILES string of the molecule is CN(CC(O)CN1CCCC1=O)C1CCCN(c2ccccc2)C1. The van der Waals surface area contributed by atoms with Gasteiger partial charge in [-0.1, -0.05) is 18.2 Å². The van der Waals surface area contributed by atoms with Crippen LogP contribution in [0.3, 0.4) is 0 Å². The lowest BCUT2D eigenvalue weighted by Gasteiger charge is -2.39. The first-order valence-electron chi connectivity index (χ1n) is 9.09. The number of carbonyl (C=O) groups excluding carboxylic acids is 1. The number of hydrogen-bond acceptors (Lipinski definition) is 4. The summed E-state index contributed by atoms with van der Waals surface area (Å²) in [6.07, 6.45) is 3.43. The molecule has 0 saturated carbocycles. The van der Waals surface area contributed by atoms with E-state index in [0.717, 1.165) is 32.5 Å². The van der Waals surface area contributed by atoms with Gasteiger partial charge in [0.25, 0.3) is 0 Å². The maximum Gasteiger partial charge on any atom is 0.222 e. The lowest BCUT2D eigenvalue weighted by Crippen LogP contribution is -2.50. The van der Waals surface area contributed by atoms with Crippen molar-refractivity contribution in [3.05, 3.63) is 30.3 Å². The number of rotatable bonds is 6. The summed E-state index contributed by atoms with van der Waals surface area (Å²) in [5.41, 5.74) is 1.28. The van der Waals surface area contributed by atoms with Crippen LogP contribution in [0.15, 0.2) is 30.3 Å². The molecule has 0 aromatic heterocycles. The molecular formula is C19H29N3O2. The van der Waals surface area contributed by atoms with E-state index in [1.54, 1.807) is 4.90 Å². The molecule has 1 N–H and O–H groups in total. The molecule has 2 heterocycles. The van der Waals surface area contributed by atoms with Gasteiger partial charge in [-0.3, -0.25) is 9.69 Å². The van der Waals surface area contributed by atoms with Crippen LogP contribution in [-0.4, -0.2) is 72.7 Å². The van der Waals surface area contributed by atoms with E-state index in [4.69, 9.17) is 0 Å². The number of β-amino-alcohol motifs (C(OH)–C–C–N with tert-alkyl or cyclic N) is 1. The smallest absolute Gasteiger partial charge is 0.222 e. The van der Waals surface area contributed by atoms with Crippen LogP contribution < -0.4 is 4.90 Å². The van der Waals surface area contributed by atoms with Gasteiger partial charge >= 0.3 is 0 Å². The molecule has 1 amide bonds. The van der Waals surface area contributed by atoms with Crippen molar-refractivity contribution < 1.29 is 9.90 Å². The highest BCUT2D eigenvalue weighted by atomic mass is 16.3. The van der Waals surface area contributed by atoms with Gasteiger partial charge < -0.3 is 14.9 Å². The molecule has 0 spiro atoms. The Morgan fingerprint density at radius 1 is 1.25 bits per heavy atom. The van der Waals surface area contributed by atoms with Crippen molar-refractivity contribution in [2.24, 2.45) is 0 Å². The summed E-state index contributed by atoms with van der Waals surface area (Å²) in [4.78, 5) is 18.2. The number of carbonyl (C=O) groups is 1. The molecule has 5 heteroatoms. The molecule has 2 unspecified atom stereocenters. The first-order chi connectivity index (χ1) is 11.6. The highest BCUT2D eigenvalue weighted by Gasteiger charge is 2.27. The van der Waals surface area contributed by atoms with Gasteiger partial charge in [0.05, 0.1) is 6.10 Å². The van der Waals surface area contributed by atoms with Gasteiger partial charge in [0, 0.05) is 50.9 Å². The molecule has 1 aromatic carbocycles. The van der Waals surface area contributed by atoms with Crippen molar-refractivity contribution in [1.82, 2.24) is 9.80 Å². The quantitative estimate of drug-likeness (QED) is 0.860. The zero-order valence-electron chi connectivity index (χ0n) is 14.6. The third-order valence-electron chi connectivity index (χ3n) is 5.24. The van der Waals surface area contributed by atoms with Gasteiger partial charge in [-0.2, -0.15) is 0 Å². The Morgan fingerprint density at radius 2 is 2.04 bits per heavy atom. The molecule has 0 aliphatic carbocycles. The summed E-state index contributed by atoms with van der Waals surface area (Å²) in [6, 6.07) is 11.0. The number of piperidine rings is 1. The summed E-state index contributed by atoms with van der Waals surface area (Å²) in [7, 11) is 2.09. The van der Waals surface area contributed by atoms with Crippen molar-refractivity contribution >= 4 is 11.6 Å². The summed E-state index contributed by atoms with van der Waals surface area (Å²) in [5, 5.41) is 10.4. The fourth-order valence-corrected chi connectivity index (χ4v) is 3.88. The van der Waals surface area contributed by atoms with Crippen LogP contribution >= 0.6 is 0 Å². The minimum absolute atomic E-state index is 0.185. The first-order valence-corrected chi connectivity index (χ1v) is 9.09. The van der Waals surface area contributed by atoms with Crippen molar-refractivity contribution in [2.75, 3.05) is 44.7 Å². The zero-order chi connectivity index (χ0) is 16.9. The van der Waals surface area contributed by atoms with Crippen LogP contribution in [-0.2, 0) is 4.79 Å². The molecule has 2 atom stereocenters. The monoisotopic (exact) mass is 331 g/mol. The van der Waals surface area contributed by atoms with E-state index in [0.29, 0.717) is 25.6 Å². The number of nitrogens with zero attached hydrogens (tertiary/aromatic N) is 3. The maximum absolute atomic E-state index is 11.7. The Kier molecular flexibility index (Phi) is 5.74. The summed E-state index contributed by atoms with van der Waals surface area (Å²) in [5.74, 6) is 0.185. The summed E-state index contributed by atoms with van der Waals surface area (Å²) in [6.45, 7) is 3.98. The van der Waals surface area contributed by atoms with Gasteiger partial charge in [0.1, 0.15) is 0 Å². The number of anilines is 1. The Balaban J connectivity index is 1.50. The van der Waals surface area contributed by atoms with Gasteiger partial charge in [-0.15, -0.1) is 0 Å². The van der Waals surface area contributed by atoms with Crippen molar-refractivity contribution in [1.29, 1.82) is 0 Å². The van der Waals surface area contributed by atoms with E-state index in [1.165, 1.54) is 12.1 Å². The molecule has 2 aliphatic rings. The van der Waals surface area contributed by atoms with Gasteiger partial charge in [-0.25, -0.2) is 0 Å². The third-order valence-corrected chi connectivity index (χ3v) is 5.24. The van der Waals surface area contributed by atoms with Crippen molar-refractivity contribution in [3.8, 4) is 0 Å². The van der Waals surface area contributed by atoms with Gasteiger partial charge in [-0.05, 0) is 38.4 Å². The molecule has 2 fully saturated rings. The van der Waals surface area contributed by atoms with E-state index >= 15 is 0 Å². The number of para-hydroxylation sites is 1. The second-order valence-electron chi connectivity index (χ2n) is 7.11. The second-order valence-corrected chi connectivity index (χ2v) is 7.11. The van der Waals surface area contributed by atoms with Crippen LogP contribution in [0.2, 0.25) is 0 Å². The lowest BCUT2D eigenvalue weighted by molar-refractivity contribution is -0.129. The number of aliphatic hydroxyl groups excluding tert-OH is 1. The number of aliphatic hydroxyl groups is 1. The fourth-order valence-electron chi connectivity index (χ4n) is 3.88. The van der Waals surface area contributed by atoms with Crippen molar-refractivity contribution in [3.63, 3.8) is 0 Å². The van der Waals surface area contributed by atoms with E-state index in [2.05, 4.69) is 41.1 Å². The van der Waals surface area contributed by atoms with Crippen LogP contribution in [0.5, 0.6) is 0 Å². The average molecular weight is 331 g/mol. The predicted octanol–water partition coefficient (Wildman–Crippen LogP) is 1.57. The zero-order valence-corrected chi connectivity index (χ0v) is 14.6. The van der Waals surface area contributed by atoms with Gasteiger partial charge in [0.15, 0.2) is 0 Å². The van der Waals surface area contributed by atoms with Gasteiger partial charge in [0.2, 0.25) is 5.91 Å². The van der Waals surface area contributed by atoms with Crippen LogP contribution in [0, 0.1) is 0 Å². The largest absolute Gasteiger partial charge is 0.390 e. The highest BCUT2D eigenvalue weighted by Crippen LogP contribution is 2.22. The van der Waals surface area contributed by atoms with Crippen LogP contribution in [0.25, 0.3) is 0 Å². The molecule has 3 rings (SSSR count). The normalized spacial score (nSPS) is 23.1. The van der Waals surface area contributed by atoms with E-state index in [-0.39, 0.29) is 5.91 Å².